The Bertz CT molecular complexity index is 342. The normalized spacial score (nSPS) is 32.2. The Hall–Kier alpha value is -0.590. The lowest BCUT2D eigenvalue weighted by atomic mass is 9.67. The fraction of sp³-hybridized carbons (Fsp3) is 0.842. The second-order valence-electron chi connectivity index (χ2n) is 7.27. The van der Waals surface area contributed by atoms with Crippen molar-refractivity contribution in [3.63, 3.8) is 0 Å². The van der Waals surface area contributed by atoms with Crippen LogP contribution in [0.5, 0.6) is 0 Å². The van der Waals surface area contributed by atoms with E-state index in [4.69, 9.17) is 0 Å². The zero-order valence-corrected chi connectivity index (χ0v) is 14.5. The third-order valence-electron chi connectivity index (χ3n) is 5.58. The first-order valence-corrected chi connectivity index (χ1v) is 8.53. The van der Waals surface area contributed by atoms with E-state index in [0.717, 1.165) is 18.3 Å². The van der Waals surface area contributed by atoms with Crippen LogP contribution in [0.15, 0.2) is 17.1 Å². The van der Waals surface area contributed by atoms with Crippen molar-refractivity contribution in [2.24, 2.45) is 22.2 Å². The van der Waals surface area contributed by atoms with Crippen molar-refractivity contribution in [2.45, 2.75) is 79.1 Å². The molecule has 1 aliphatic rings. The molecule has 1 rings (SSSR count). The standard InChI is InChI=1S/C19H35N/c1-7-19(5)14-15(2)12-13-16(3)18(19)11-9-8-10-17(4)20-6/h15,18H,3,7-14H2,1-2,4-6H3/b20-17+/t15-,18?,19?/m1/s1. The molecule has 20 heavy (non-hydrogen) atoms. The molecule has 0 aliphatic heterocycles. The van der Waals surface area contributed by atoms with Crippen LogP contribution >= 0.6 is 0 Å². The van der Waals surface area contributed by atoms with Crippen LogP contribution in [0.4, 0.5) is 0 Å². The summed E-state index contributed by atoms with van der Waals surface area (Å²) < 4.78 is 0. The second kappa shape index (κ2) is 8.00. The summed E-state index contributed by atoms with van der Waals surface area (Å²) in [6, 6.07) is 0. The van der Waals surface area contributed by atoms with Crippen LogP contribution in [-0.2, 0) is 0 Å². The third kappa shape index (κ3) is 4.75. The van der Waals surface area contributed by atoms with Crippen LogP contribution in [0.1, 0.15) is 79.1 Å². The predicted octanol–water partition coefficient (Wildman–Crippen LogP) is 6.05. The van der Waals surface area contributed by atoms with Crippen LogP contribution in [-0.4, -0.2) is 12.8 Å². The van der Waals surface area contributed by atoms with Gasteiger partial charge in [-0.3, -0.25) is 4.99 Å². The van der Waals surface area contributed by atoms with Gasteiger partial charge < -0.3 is 0 Å². The van der Waals surface area contributed by atoms with Gasteiger partial charge in [-0.1, -0.05) is 45.8 Å². The fourth-order valence-corrected chi connectivity index (χ4v) is 3.92. The molecule has 0 bridgehead atoms. The minimum absolute atomic E-state index is 0.473. The van der Waals surface area contributed by atoms with Gasteiger partial charge in [0.1, 0.15) is 0 Å². The largest absolute Gasteiger partial charge is 0.298 e. The van der Waals surface area contributed by atoms with Crippen molar-refractivity contribution in [3.8, 4) is 0 Å². The lowest BCUT2D eigenvalue weighted by Crippen LogP contribution is -2.28. The quantitative estimate of drug-likeness (QED) is 0.243. The smallest absolute Gasteiger partial charge is 0.0276 e. The van der Waals surface area contributed by atoms with Crippen LogP contribution in [0.3, 0.4) is 0 Å². The molecule has 0 spiro atoms. The third-order valence-corrected chi connectivity index (χ3v) is 5.58. The fourth-order valence-electron chi connectivity index (χ4n) is 3.92. The van der Waals surface area contributed by atoms with Crippen LogP contribution in [0.2, 0.25) is 0 Å². The maximum absolute atomic E-state index is 4.44. The molecule has 0 amide bonds. The maximum Gasteiger partial charge on any atom is 0.0276 e. The molecule has 0 aromatic rings. The summed E-state index contributed by atoms with van der Waals surface area (Å²) in [7, 11) is 1.90. The van der Waals surface area contributed by atoms with Crippen molar-refractivity contribution in [2.75, 3.05) is 7.05 Å². The van der Waals surface area contributed by atoms with Gasteiger partial charge in [-0.05, 0) is 62.7 Å². The summed E-state index contributed by atoms with van der Waals surface area (Å²) in [4.78, 5) is 4.26. The number of nitrogens with zero attached hydrogens (tertiary/aromatic N) is 1. The summed E-state index contributed by atoms with van der Waals surface area (Å²) in [5.74, 6) is 1.59. The first kappa shape index (κ1) is 17.5. The lowest BCUT2D eigenvalue weighted by Gasteiger charge is -2.38. The van der Waals surface area contributed by atoms with E-state index in [1.54, 1.807) is 0 Å². The molecule has 2 unspecified atom stereocenters. The molecule has 3 atom stereocenters. The number of rotatable bonds is 6. The van der Waals surface area contributed by atoms with E-state index in [1.807, 2.05) is 7.05 Å². The molecule has 0 aromatic carbocycles. The van der Waals surface area contributed by atoms with Gasteiger partial charge in [-0.2, -0.15) is 0 Å². The average Bonchev–Trinajstić information content (AvgIpc) is 2.53. The Morgan fingerprint density at radius 3 is 2.70 bits per heavy atom. The van der Waals surface area contributed by atoms with Gasteiger partial charge in [-0.15, -0.1) is 0 Å². The summed E-state index contributed by atoms with van der Waals surface area (Å²) in [6.45, 7) is 13.9. The highest BCUT2D eigenvalue weighted by Crippen LogP contribution is 2.48. The number of unbranched alkanes of at least 4 members (excludes halogenated alkanes) is 1. The highest BCUT2D eigenvalue weighted by atomic mass is 14.7. The zero-order valence-electron chi connectivity index (χ0n) is 14.5. The minimum Gasteiger partial charge on any atom is -0.298 e. The topological polar surface area (TPSA) is 12.4 Å². The molecule has 1 fully saturated rings. The SMILES string of the molecule is C=C1CC[C@@H](C)CC(C)(CC)C1CCCC/C(C)=N/C. The Kier molecular flexibility index (Phi) is 6.99. The van der Waals surface area contributed by atoms with E-state index in [-0.39, 0.29) is 0 Å². The molecular weight excluding hydrogens is 242 g/mol. The van der Waals surface area contributed by atoms with E-state index < -0.39 is 0 Å². The molecule has 0 aromatic heterocycles. The Labute approximate surface area is 127 Å². The first-order chi connectivity index (χ1) is 9.42. The molecule has 0 N–H and O–H groups in total. The van der Waals surface area contributed by atoms with E-state index >= 15 is 0 Å². The van der Waals surface area contributed by atoms with Gasteiger partial charge in [0.2, 0.25) is 0 Å². The van der Waals surface area contributed by atoms with Crippen molar-refractivity contribution in [1.82, 2.24) is 0 Å². The monoisotopic (exact) mass is 277 g/mol. The van der Waals surface area contributed by atoms with Crippen molar-refractivity contribution in [1.29, 1.82) is 0 Å². The average molecular weight is 277 g/mol. The molecule has 1 heteroatoms. The van der Waals surface area contributed by atoms with Crippen molar-refractivity contribution < 1.29 is 0 Å². The maximum atomic E-state index is 4.44. The minimum atomic E-state index is 0.473. The zero-order chi connectivity index (χ0) is 15.2. The van der Waals surface area contributed by atoms with Crippen LogP contribution in [0.25, 0.3) is 0 Å². The van der Waals surface area contributed by atoms with Gasteiger partial charge in [0, 0.05) is 12.8 Å². The Morgan fingerprint density at radius 1 is 1.40 bits per heavy atom. The highest BCUT2D eigenvalue weighted by molar-refractivity contribution is 5.81. The predicted molar refractivity (Wildman–Crippen MR) is 91.5 cm³/mol. The van der Waals surface area contributed by atoms with E-state index in [9.17, 15) is 0 Å². The summed E-state index contributed by atoms with van der Waals surface area (Å²) in [5, 5.41) is 0. The number of hydrogen-bond acceptors (Lipinski definition) is 1. The van der Waals surface area contributed by atoms with Crippen molar-refractivity contribution in [3.05, 3.63) is 12.2 Å². The molecule has 0 heterocycles. The van der Waals surface area contributed by atoms with E-state index in [0.29, 0.717) is 5.41 Å². The van der Waals surface area contributed by atoms with Gasteiger partial charge in [0.15, 0.2) is 0 Å². The molecule has 1 nitrogen and oxygen atoms in total. The van der Waals surface area contributed by atoms with Gasteiger partial charge >= 0.3 is 0 Å². The molecular formula is C19H35N. The lowest BCUT2D eigenvalue weighted by molar-refractivity contribution is 0.161. The van der Waals surface area contributed by atoms with E-state index in [2.05, 4.69) is 39.3 Å². The second-order valence-corrected chi connectivity index (χ2v) is 7.27. The summed E-state index contributed by atoms with van der Waals surface area (Å²) >= 11 is 0. The summed E-state index contributed by atoms with van der Waals surface area (Å²) in [5.41, 5.74) is 3.29. The highest BCUT2D eigenvalue weighted by Gasteiger charge is 2.37. The van der Waals surface area contributed by atoms with Crippen LogP contribution in [0, 0.1) is 17.3 Å². The van der Waals surface area contributed by atoms with Gasteiger partial charge in [0.05, 0.1) is 0 Å². The van der Waals surface area contributed by atoms with Crippen molar-refractivity contribution >= 4 is 5.71 Å². The Balaban J connectivity index is 2.60. The van der Waals surface area contributed by atoms with E-state index in [1.165, 1.54) is 56.2 Å². The van der Waals surface area contributed by atoms with Crippen LogP contribution < -0.4 is 0 Å². The molecule has 116 valence electrons. The molecule has 0 saturated heterocycles. The van der Waals surface area contributed by atoms with Gasteiger partial charge in [-0.25, -0.2) is 0 Å². The molecule has 1 aliphatic carbocycles. The number of allylic oxidation sites excluding steroid dienone is 1. The molecule has 1 saturated carbocycles. The molecule has 0 radical (unpaired) electrons. The number of hydrogen-bond donors (Lipinski definition) is 0. The first-order valence-electron chi connectivity index (χ1n) is 8.53. The number of aliphatic imine (C=N–C) groups is 1. The van der Waals surface area contributed by atoms with Gasteiger partial charge in [0.25, 0.3) is 0 Å². The summed E-state index contributed by atoms with van der Waals surface area (Å²) in [6.07, 6.45) is 10.3. The Morgan fingerprint density at radius 2 is 2.10 bits per heavy atom.